The van der Waals surface area contributed by atoms with Gasteiger partial charge in [0.1, 0.15) is 0 Å². The summed E-state index contributed by atoms with van der Waals surface area (Å²) in [6, 6.07) is 5.98. The third-order valence-corrected chi connectivity index (χ3v) is 3.77. The Morgan fingerprint density at radius 1 is 1.33 bits per heavy atom. The van der Waals surface area contributed by atoms with E-state index in [1.807, 2.05) is 26.0 Å². The van der Waals surface area contributed by atoms with Crippen molar-refractivity contribution >= 4 is 17.6 Å². The lowest BCUT2D eigenvalue weighted by Gasteiger charge is -2.26. The van der Waals surface area contributed by atoms with E-state index in [1.54, 1.807) is 7.11 Å². The van der Waals surface area contributed by atoms with E-state index < -0.39 is 0 Å². The van der Waals surface area contributed by atoms with Gasteiger partial charge in [-0.15, -0.1) is 0 Å². The number of halogens is 1. The van der Waals surface area contributed by atoms with Gasteiger partial charge in [0.05, 0.1) is 19.6 Å². The van der Waals surface area contributed by atoms with Crippen LogP contribution in [0.1, 0.15) is 51.2 Å². The highest BCUT2D eigenvalue weighted by atomic mass is 35.5. The number of rotatable bonds is 7. The minimum Gasteiger partial charge on any atom is -0.466 e. The molecular formula is C17H25ClO3. The molecule has 0 bridgehead atoms. The van der Waals surface area contributed by atoms with E-state index in [0.29, 0.717) is 24.7 Å². The molecule has 0 aliphatic heterocycles. The Labute approximate surface area is 132 Å². The van der Waals surface area contributed by atoms with Crippen LogP contribution in [0.25, 0.3) is 0 Å². The van der Waals surface area contributed by atoms with Gasteiger partial charge in [-0.1, -0.05) is 38.4 Å². The first-order valence-electron chi connectivity index (χ1n) is 7.25. The lowest BCUT2D eigenvalue weighted by Crippen LogP contribution is -2.24. The summed E-state index contributed by atoms with van der Waals surface area (Å²) in [4.78, 5) is 11.6. The number of hydrogen-bond donors (Lipinski definition) is 0. The fraction of sp³-hybridized carbons (Fsp3) is 0.588. The predicted octanol–water partition coefficient (Wildman–Crippen LogP) is 4.32. The number of esters is 1. The summed E-state index contributed by atoms with van der Waals surface area (Å²) in [5.74, 6) is -0.109. The highest BCUT2D eigenvalue weighted by Crippen LogP contribution is 2.31. The summed E-state index contributed by atoms with van der Waals surface area (Å²) < 4.78 is 10.3. The van der Waals surface area contributed by atoms with E-state index in [0.717, 1.165) is 11.1 Å². The number of carbonyl (C=O) groups excluding carboxylic acids is 1. The summed E-state index contributed by atoms with van der Waals surface area (Å²) in [6.45, 7) is 9.07. The molecule has 0 aliphatic rings. The summed E-state index contributed by atoms with van der Waals surface area (Å²) in [7, 11) is 1.69. The Balaban J connectivity index is 2.98. The molecule has 1 atom stereocenters. The molecule has 4 heteroatoms. The summed E-state index contributed by atoms with van der Waals surface area (Å²) in [5, 5.41) is 0.683. The minimum absolute atomic E-state index is 0.0693. The molecule has 1 aromatic rings. The lowest BCUT2D eigenvalue weighted by molar-refractivity contribution is -0.143. The maximum Gasteiger partial charge on any atom is 0.306 e. The average Bonchev–Trinajstić information content (AvgIpc) is 2.38. The first-order valence-corrected chi connectivity index (χ1v) is 7.63. The van der Waals surface area contributed by atoms with Gasteiger partial charge in [0.2, 0.25) is 0 Å². The van der Waals surface area contributed by atoms with Gasteiger partial charge in [-0.2, -0.15) is 0 Å². The van der Waals surface area contributed by atoms with Gasteiger partial charge in [0.25, 0.3) is 0 Å². The number of carbonyl (C=O) groups is 1. The Bertz CT molecular complexity index is 483. The van der Waals surface area contributed by atoms with Gasteiger partial charge in [-0.3, -0.25) is 4.79 Å². The Morgan fingerprint density at radius 3 is 2.57 bits per heavy atom. The molecule has 0 radical (unpaired) electrons. The third-order valence-electron chi connectivity index (χ3n) is 3.55. The maximum absolute atomic E-state index is 11.6. The van der Waals surface area contributed by atoms with Crippen LogP contribution in [0.3, 0.4) is 0 Å². The van der Waals surface area contributed by atoms with Crippen molar-refractivity contribution in [1.82, 2.24) is 0 Å². The summed E-state index contributed by atoms with van der Waals surface area (Å²) in [6.07, 6.45) is 0.359. The second kappa shape index (κ2) is 7.81. The zero-order valence-corrected chi connectivity index (χ0v) is 14.3. The van der Waals surface area contributed by atoms with Crippen molar-refractivity contribution in [2.75, 3.05) is 20.3 Å². The molecule has 118 valence electrons. The normalized spacial score (nSPS) is 13.0. The molecule has 0 saturated carbocycles. The van der Waals surface area contributed by atoms with Crippen LogP contribution >= 0.6 is 11.6 Å². The van der Waals surface area contributed by atoms with E-state index in [1.165, 1.54) is 0 Å². The molecule has 0 unspecified atom stereocenters. The molecule has 0 saturated heterocycles. The third kappa shape index (κ3) is 5.33. The van der Waals surface area contributed by atoms with Gasteiger partial charge in [0.15, 0.2) is 0 Å². The first kappa shape index (κ1) is 18.0. The van der Waals surface area contributed by atoms with E-state index in [9.17, 15) is 4.79 Å². The molecule has 21 heavy (non-hydrogen) atoms. The van der Waals surface area contributed by atoms with E-state index in [-0.39, 0.29) is 17.3 Å². The molecule has 3 nitrogen and oxygen atoms in total. The largest absolute Gasteiger partial charge is 0.466 e. The predicted molar refractivity (Wildman–Crippen MR) is 86.0 cm³/mol. The van der Waals surface area contributed by atoms with Crippen LogP contribution in [-0.4, -0.2) is 26.3 Å². The highest BCUT2D eigenvalue weighted by Gasteiger charge is 2.23. The zero-order chi connectivity index (χ0) is 16.0. The van der Waals surface area contributed by atoms with Gasteiger partial charge in [-0.25, -0.2) is 0 Å². The van der Waals surface area contributed by atoms with Gasteiger partial charge in [0, 0.05) is 17.5 Å². The molecule has 1 rings (SSSR count). The number of hydrogen-bond acceptors (Lipinski definition) is 3. The monoisotopic (exact) mass is 312 g/mol. The van der Waals surface area contributed by atoms with Crippen LogP contribution in [0.2, 0.25) is 5.02 Å². The fourth-order valence-electron chi connectivity index (χ4n) is 2.32. The van der Waals surface area contributed by atoms with Crippen molar-refractivity contribution in [3.8, 4) is 0 Å². The lowest BCUT2D eigenvalue weighted by atomic mass is 9.83. The molecule has 0 N–H and O–H groups in total. The second-order valence-corrected chi connectivity index (χ2v) is 6.44. The van der Waals surface area contributed by atoms with E-state index in [4.69, 9.17) is 21.1 Å². The quantitative estimate of drug-likeness (QED) is 0.703. The second-order valence-electron chi connectivity index (χ2n) is 6.00. The van der Waals surface area contributed by atoms with Gasteiger partial charge >= 0.3 is 5.97 Å². The van der Waals surface area contributed by atoms with Crippen LogP contribution in [0.4, 0.5) is 0 Å². The van der Waals surface area contributed by atoms with Crippen molar-refractivity contribution in [3.63, 3.8) is 0 Å². The molecule has 0 fully saturated rings. The molecule has 1 aromatic carbocycles. The molecular weight excluding hydrogens is 288 g/mol. The molecule has 0 amide bonds. The van der Waals surface area contributed by atoms with Crippen LogP contribution in [0.15, 0.2) is 18.2 Å². The molecule has 0 spiro atoms. The maximum atomic E-state index is 11.6. The standard InChI is InChI=1S/C17H25ClO3/c1-6-21-16(19)7-12(2)13-8-14(10-15(18)9-13)17(3,4)11-20-5/h8-10,12H,6-7,11H2,1-5H3/t12-/m0/s1. The van der Waals surface area contributed by atoms with Crippen molar-refractivity contribution in [2.24, 2.45) is 0 Å². The zero-order valence-electron chi connectivity index (χ0n) is 13.5. The fourth-order valence-corrected chi connectivity index (χ4v) is 2.56. The van der Waals surface area contributed by atoms with Crippen LogP contribution < -0.4 is 0 Å². The smallest absolute Gasteiger partial charge is 0.306 e. The first-order chi connectivity index (χ1) is 9.80. The molecule has 0 aromatic heterocycles. The van der Waals surface area contributed by atoms with Crippen molar-refractivity contribution in [3.05, 3.63) is 34.3 Å². The van der Waals surface area contributed by atoms with E-state index in [2.05, 4.69) is 19.9 Å². The van der Waals surface area contributed by atoms with Gasteiger partial charge in [-0.05, 0) is 36.1 Å². The van der Waals surface area contributed by atoms with Gasteiger partial charge < -0.3 is 9.47 Å². The summed E-state index contributed by atoms with van der Waals surface area (Å²) >= 11 is 6.24. The van der Waals surface area contributed by atoms with Crippen LogP contribution in [-0.2, 0) is 19.7 Å². The SMILES string of the molecule is CCOC(=O)C[C@H](C)c1cc(Cl)cc(C(C)(C)COC)c1. The number of ether oxygens (including phenoxy) is 2. The van der Waals surface area contributed by atoms with Crippen LogP contribution in [0.5, 0.6) is 0 Å². The molecule has 0 heterocycles. The van der Waals surface area contributed by atoms with Crippen molar-refractivity contribution < 1.29 is 14.3 Å². The Kier molecular flexibility index (Phi) is 6.69. The average molecular weight is 313 g/mol. The number of benzene rings is 1. The summed E-state index contributed by atoms with van der Waals surface area (Å²) in [5.41, 5.74) is 2.04. The van der Waals surface area contributed by atoms with Crippen molar-refractivity contribution in [2.45, 2.75) is 45.4 Å². The highest BCUT2D eigenvalue weighted by molar-refractivity contribution is 6.30. The Hall–Kier alpha value is -1.06. The minimum atomic E-state index is -0.178. The topological polar surface area (TPSA) is 35.5 Å². The molecule has 0 aliphatic carbocycles. The van der Waals surface area contributed by atoms with Crippen molar-refractivity contribution in [1.29, 1.82) is 0 Å². The Morgan fingerprint density at radius 2 is 2.00 bits per heavy atom. The number of methoxy groups -OCH3 is 1. The van der Waals surface area contributed by atoms with E-state index >= 15 is 0 Å². The van der Waals surface area contributed by atoms with Crippen LogP contribution in [0, 0.1) is 0 Å².